The molecule has 1 heterocycles. The second-order valence-electron chi connectivity index (χ2n) is 3.92. The van der Waals surface area contributed by atoms with Crippen LogP contribution in [0.2, 0.25) is 5.28 Å². The molecular formula is C11H10BrClFN3. The topological polar surface area (TPSA) is 37.8 Å². The molecule has 0 amide bonds. The molecule has 0 aliphatic rings. The lowest BCUT2D eigenvalue weighted by Gasteiger charge is -2.12. The normalized spacial score (nSPS) is 11.2. The number of anilines is 1. The molecule has 2 aromatic rings. The highest BCUT2D eigenvalue weighted by Gasteiger charge is 2.11. The van der Waals surface area contributed by atoms with Gasteiger partial charge in [-0.15, -0.1) is 0 Å². The largest absolute Gasteiger partial charge is 0.367 e. The number of benzene rings is 1. The van der Waals surface area contributed by atoms with Crippen LogP contribution >= 0.6 is 27.5 Å². The highest BCUT2D eigenvalue weighted by Crippen LogP contribution is 2.28. The maximum atomic E-state index is 13.4. The zero-order valence-corrected chi connectivity index (χ0v) is 11.6. The molecule has 0 aliphatic heterocycles. The fraction of sp³-hybridized carbons (Fsp3) is 0.273. The number of fused-ring (bicyclic) bond motifs is 1. The molecule has 0 atom stereocenters. The minimum Gasteiger partial charge on any atom is -0.367 e. The summed E-state index contributed by atoms with van der Waals surface area (Å²) in [5.41, 5.74) is 0.480. The Morgan fingerprint density at radius 3 is 2.71 bits per heavy atom. The molecule has 0 radical (unpaired) electrons. The second kappa shape index (κ2) is 4.74. The Hall–Kier alpha value is -0.940. The molecule has 1 aromatic carbocycles. The van der Waals surface area contributed by atoms with Gasteiger partial charge in [0, 0.05) is 17.5 Å². The molecular weight excluding hydrogens is 308 g/mol. The first-order chi connectivity index (χ1) is 7.97. The predicted octanol–water partition coefficient (Wildman–Crippen LogP) is 4.01. The van der Waals surface area contributed by atoms with Crippen LogP contribution < -0.4 is 5.32 Å². The first-order valence-corrected chi connectivity index (χ1v) is 6.23. The Morgan fingerprint density at radius 1 is 1.35 bits per heavy atom. The Labute approximate surface area is 112 Å². The van der Waals surface area contributed by atoms with Crippen molar-refractivity contribution >= 4 is 44.3 Å². The van der Waals surface area contributed by atoms with Crippen molar-refractivity contribution in [2.75, 3.05) is 5.32 Å². The van der Waals surface area contributed by atoms with E-state index in [2.05, 4.69) is 31.2 Å². The summed E-state index contributed by atoms with van der Waals surface area (Å²) in [6, 6.07) is 3.18. The Kier molecular flexibility index (Phi) is 3.49. The van der Waals surface area contributed by atoms with Crippen LogP contribution in [0.4, 0.5) is 10.2 Å². The summed E-state index contributed by atoms with van der Waals surface area (Å²) in [6.07, 6.45) is 0. The summed E-state index contributed by atoms with van der Waals surface area (Å²) < 4.78 is 13.8. The number of hydrogen-bond donors (Lipinski definition) is 1. The molecule has 3 nitrogen and oxygen atoms in total. The van der Waals surface area contributed by atoms with Gasteiger partial charge in [-0.3, -0.25) is 0 Å². The van der Waals surface area contributed by atoms with Gasteiger partial charge in [0.25, 0.3) is 0 Å². The van der Waals surface area contributed by atoms with Crippen molar-refractivity contribution in [1.82, 2.24) is 9.97 Å². The monoisotopic (exact) mass is 317 g/mol. The summed E-state index contributed by atoms with van der Waals surface area (Å²) in [5, 5.41) is 3.99. The van der Waals surface area contributed by atoms with Crippen LogP contribution in [0.25, 0.3) is 10.9 Å². The molecule has 0 spiro atoms. The van der Waals surface area contributed by atoms with E-state index in [1.807, 2.05) is 13.8 Å². The highest BCUT2D eigenvalue weighted by atomic mass is 79.9. The van der Waals surface area contributed by atoms with Gasteiger partial charge in [-0.2, -0.15) is 0 Å². The number of nitrogens with one attached hydrogen (secondary N) is 1. The van der Waals surface area contributed by atoms with Gasteiger partial charge in [-0.05, 0) is 47.4 Å². The van der Waals surface area contributed by atoms with Crippen molar-refractivity contribution in [3.05, 3.63) is 27.7 Å². The average molecular weight is 319 g/mol. The third kappa shape index (κ3) is 2.66. The minimum atomic E-state index is -0.372. The molecule has 6 heteroatoms. The van der Waals surface area contributed by atoms with Crippen molar-refractivity contribution in [2.24, 2.45) is 0 Å². The fourth-order valence-corrected chi connectivity index (χ4v) is 2.00. The van der Waals surface area contributed by atoms with Crippen LogP contribution in [0, 0.1) is 5.82 Å². The molecule has 0 saturated heterocycles. The van der Waals surface area contributed by atoms with Gasteiger partial charge in [0.15, 0.2) is 0 Å². The number of nitrogens with zero attached hydrogens (tertiary/aromatic N) is 2. The van der Waals surface area contributed by atoms with E-state index in [9.17, 15) is 4.39 Å². The Balaban J connectivity index is 2.69. The number of halogens is 3. The molecule has 0 fully saturated rings. The van der Waals surface area contributed by atoms with Crippen LogP contribution in [0.3, 0.4) is 0 Å². The predicted molar refractivity (Wildman–Crippen MR) is 71.0 cm³/mol. The van der Waals surface area contributed by atoms with Crippen molar-refractivity contribution < 1.29 is 4.39 Å². The van der Waals surface area contributed by atoms with Crippen LogP contribution in [0.1, 0.15) is 13.8 Å². The number of hydrogen-bond acceptors (Lipinski definition) is 3. The van der Waals surface area contributed by atoms with Gasteiger partial charge in [-0.1, -0.05) is 0 Å². The third-order valence-electron chi connectivity index (χ3n) is 2.14. The second-order valence-corrected chi connectivity index (χ2v) is 5.12. The lowest BCUT2D eigenvalue weighted by atomic mass is 10.2. The highest BCUT2D eigenvalue weighted by molar-refractivity contribution is 9.10. The summed E-state index contributed by atoms with van der Waals surface area (Å²) >= 11 is 8.95. The van der Waals surface area contributed by atoms with E-state index < -0.39 is 0 Å². The van der Waals surface area contributed by atoms with Crippen LogP contribution in [-0.2, 0) is 0 Å². The summed E-state index contributed by atoms with van der Waals surface area (Å²) in [5.74, 6) is 0.235. The van der Waals surface area contributed by atoms with Crippen LogP contribution in [0.5, 0.6) is 0 Å². The van der Waals surface area contributed by atoms with E-state index in [1.54, 1.807) is 6.07 Å². The SMILES string of the molecule is CC(C)Nc1nc(Cl)nc2cc(F)c(Br)cc12. The van der Waals surface area contributed by atoms with E-state index >= 15 is 0 Å². The van der Waals surface area contributed by atoms with Crippen LogP contribution in [-0.4, -0.2) is 16.0 Å². The summed E-state index contributed by atoms with van der Waals surface area (Å²) in [6.45, 7) is 3.97. The molecule has 0 saturated carbocycles. The van der Waals surface area contributed by atoms with Crippen molar-refractivity contribution in [3.8, 4) is 0 Å². The lowest BCUT2D eigenvalue weighted by molar-refractivity contribution is 0.622. The summed E-state index contributed by atoms with van der Waals surface area (Å²) in [7, 11) is 0. The van der Waals surface area contributed by atoms with Crippen molar-refractivity contribution in [2.45, 2.75) is 19.9 Å². The molecule has 2 rings (SSSR count). The van der Waals surface area contributed by atoms with E-state index in [0.717, 1.165) is 5.39 Å². The van der Waals surface area contributed by atoms with E-state index in [0.29, 0.717) is 15.8 Å². The zero-order valence-electron chi connectivity index (χ0n) is 9.26. The minimum absolute atomic E-state index is 0.0994. The maximum Gasteiger partial charge on any atom is 0.224 e. The fourth-order valence-electron chi connectivity index (χ4n) is 1.48. The molecule has 0 bridgehead atoms. The average Bonchev–Trinajstić information content (AvgIpc) is 2.20. The third-order valence-corrected chi connectivity index (χ3v) is 2.91. The molecule has 17 heavy (non-hydrogen) atoms. The first kappa shape index (κ1) is 12.5. The van der Waals surface area contributed by atoms with Gasteiger partial charge >= 0.3 is 0 Å². The van der Waals surface area contributed by atoms with Crippen molar-refractivity contribution in [1.29, 1.82) is 0 Å². The van der Waals surface area contributed by atoms with E-state index in [1.165, 1.54) is 6.07 Å². The van der Waals surface area contributed by atoms with Crippen LogP contribution in [0.15, 0.2) is 16.6 Å². The maximum absolute atomic E-state index is 13.4. The van der Waals surface area contributed by atoms with E-state index in [4.69, 9.17) is 11.6 Å². The number of aromatic nitrogens is 2. The van der Waals surface area contributed by atoms with Gasteiger partial charge in [0.2, 0.25) is 5.28 Å². The molecule has 0 aliphatic carbocycles. The van der Waals surface area contributed by atoms with Crippen molar-refractivity contribution in [3.63, 3.8) is 0 Å². The Morgan fingerprint density at radius 2 is 2.06 bits per heavy atom. The lowest BCUT2D eigenvalue weighted by Crippen LogP contribution is -2.12. The number of rotatable bonds is 2. The standard InChI is InChI=1S/C11H10BrClFN3/c1-5(2)15-10-6-3-7(12)8(14)4-9(6)16-11(13)17-10/h3-5H,1-2H3,(H,15,16,17). The zero-order chi connectivity index (χ0) is 12.6. The van der Waals surface area contributed by atoms with Gasteiger partial charge in [0.05, 0.1) is 9.99 Å². The molecule has 0 unspecified atom stereocenters. The van der Waals surface area contributed by atoms with Gasteiger partial charge in [0.1, 0.15) is 11.6 Å². The smallest absolute Gasteiger partial charge is 0.224 e. The molecule has 1 N–H and O–H groups in total. The molecule has 90 valence electrons. The summed E-state index contributed by atoms with van der Waals surface area (Å²) in [4.78, 5) is 8.11. The van der Waals surface area contributed by atoms with Gasteiger partial charge in [-0.25, -0.2) is 14.4 Å². The molecule has 1 aromatic heterocycles. The van der Waals surface area contributed by atoms with Gasteiger partial charge < -0.3 is 5.32 Å². The van der Waals surface area contributed by atoms with E-state index in [-0.39, 0.29) is 17.1 Å². The first-order valence-electron chi connectivity index (χ1n) is 5.06. The quantitative estimate of drug-likeness (QED) is 0.850. The Bertz CT molecular complexity index is 574.